The second kappa shape index (κ2) is 23.9. The quantitative estimate of drug-likeness (QED) is 0.0743. The smallest absolute Gasteiger partial charge is 0.410 e. The summed E-state index contributed by atoms with van der Waals surface area (Å²) in [6.07, 6.45) is 11.8. The van der Waals surface area contributed by atoms with Gasteiger partial charge in [0.25, 0.3) is 10.1 Å². The summed E-state index contributed by atoms with van der Waals surface area (Å²) in [5, 5.41) is 5.07. The van der Waals surface area contributed by atoms with Crippen LogP contribution in [-0.2, 0) is 59.5 Å². The second-order valence-corrected chi connectivity index (χ2v) is 24.2. The summed E-state index contributed by atoms with van der Waals surface area (Å²) < 4.78 is 54.7. The number of methoxy groups -OCH3 is 2. The van der Waals surface area contributed by atoms with Gasteiger partial charge in [0.15, 0.2) is 0 Å². The largest absolute Gasteiger partial charge is 0.465 e. The number of nitrogens with zero attached hydrogens (tertiary/aromatic N) is 3. The third-order valence-electron chi connectivity index (χ3n) is 14.7. The van der Waals surface area contributed by atoms with Crippen LogP contribution in [0.15, 0.2) is 84.9 Å². The SMILES string of the molecule is COC(=O)c1ccc2c(C3CCCCC3)c(-c3ccccc3COS(C)(=O)=O)n(CCNC(=O)OC(C)(C)C)c2c1.COC(=O)c1ccc2c(C3CCCCC3)c3n(c2c1)CCN(C(=O)OC(C)(C)C)Cc1ccccc1-3. The van der Waals surface area contributed by atoms with E-state index >= 15 is 0 Å². The number of rotatable bonds is 11. The number of carbonyl (C=O) groups excluding carboxylic acids is 4. The van der Waals surface area contributed by atoms with E-state index < -0.39 is 33.4 Å². The molecule has 0 saturated heterocycles. The van der Waals surface area contributed by atoms with E-state index in [1.807, 2.05) is 96.1 Å². The van der Waals surface area contributed by atoms with Crippen LogP contribution in [0, 0.1) is 0 Å². The Morgan fingerprint density at radius 1 is 0.636 bits per heavy atom. The Balaban J connectivity index is 0.000000205. The van der Waals surface area contributed by atoms with Crippen molar-refractivity contribution in [3.8, 4) is 22.5 Å². The summed E-state index contributed by atoms with van der Waals surface area (Å²) in [5.41, 5.74) is 10.2. The van der Waals surface area contributed by atoms with Crippen LogP contribution in [-0.4, -0.2) is 91.3 Å². The molecule has 15 nitrogen and oxygen atoms in total. The standard InChI is InChI=1S/C31H40N2O7S.C30H36N2O4/c1-31(2,3)40-30(35)32-17-18-33-26-19-22(29(34)38-4)15-16-25(26)27(21-11-7-6-8-12-21)28(33)24-14-10-9-13-23(24)20-39-41(5,36)37;1-30(2,3)36-29(34)31-16-17-32-25-18-21(28(33)35-4)14-15-24(25)26(20-10-6-5-7-11-20)27(32)23-13-9-8-12-22(23)19-31/h9-10,13-16,19,21H,6-8,11-12,17-18,20H2,1-5H3,(H,32,35);8-9,12-15,18,20H,5-7,10-11,16-17,19H2,1-4H3. The zero-order chi connectivity index (χ0) is 55.2. The molecule has 4 aromatic carbocycles. The first-order chi connectivity index (χ1) is 36.6. The van der Waals surface area contributed by atoms with Gasteiger partial charge < -0.3 is 38.3 Å². The van der Waals surface area contributed by atoms with Crippen molar-refractivity contribution in [2.45, 2.75) is 155 Å². The van der Waals surface area contributed by atoms with Crippen molar-refractivity contribution in [2.75, 3.05) is 33.6 Å². The number of ether oxygens (including phenoxy) is 4. The highest BCUT2D eigenvalue weighted by Gasteiger charge is 2.33. The van der Waals surface area contributed by atoms with Crippen LogP contribution < -0.4 is 5.32 Å². The molecule has 16 heteroatoms. The van der Waals surface area contributed by atoms with Gasteiger partial charge in [-0.3, -0.25) is 4.18 Å². The second-order valence-electron chi connectivity index (χ2n) is 22.6. The molecule has 3 aliphatic rings. The minimum absolute atomic E-state index is 0.107. The Morgan fingerprint density at radius 2 is 1.17 bits per heavy atom. The topological polar surface area (TPSA) is 174 Å². The maximum Gasteiger partial charge on any atom is 0.410 e. The molecule has 2 amide bonds. The summed E-state index contributed by atoms with van der Waals surface area (Å²) in [6.45, 7) is 13.3. The first-order valence-electron chi connectivity index (χ1n) is 27.1. The number of benzene rings is 4. The number of esters is 2. The summed E-state index contributed by atoms with van der Waals surface area (Å²) in [5.74, 6) is -0.00682. The molecular formula is C61H76N4O11S. The summed E-state index contributed by atoms with van der Waals surface area (Å²) in [4.78, 5) is 52.3. The van der Waals surface area contributed by atoms with E-state index in [2.05, 4.69) is 38.7 Å². The van der Waals surface area contributed by atoms with E-state index in [0.717, 1.165) is 76.3 Å². The van der Waals surface area contributed by atoms with E-state index in [-0.39, 0.29) is 31.1 Å². The van der Waals surface area contributed by atoms with Gasteiger partial charge in [-0.25, -0.2) is 19.2 Å². The van der Waals surface area contributed by atoms with Gasteiger partial charge in [-0.15, -0.1) is 0 Å². The number of carbonyl (C=O) groups is 4. The fourth-order valence-corrected chi connectivity index (χ4v) is 11.7. The monoisotopic (exact) mass is 1070 g/mol. The van der Waals surface area contributed by atoms with Crippen molar-refractivity contribution in [3.63, 3.8) is 0 Å². The molecule has 0 unspecified atom stereocenters. The molecule has 1 aliphatic heterocycles. The predicted molar refractivity (Wildman–Crippen MR) is 300 cm³/mol. The Labute approximate surface area is 453 Å². The molecule has 3 heterocycles. The molecule has 2 saturated carbocycles. The van der Waals surface area contributed by atoms with Crippen LogP contribution in [0.1, 0.15) is 161 Å². The number of alkyl carbamates (subject to hydrolysis) is 1. The Morgan fingerprint density at radius 3 is 1.74 bits per heavy atom. The van der Waals surface area contributed by atoms with Crippen LogP contribution >= 0.6 is 0 Å². The van der Waals surface area contributed by atoms with Gasteiger partial charge >= 0.3 is 24.1 Å². The highest BCUT2D eigenvalue weighted by atomic mass is 32.2. The number of nitrogens with one attached hydrogen (secondary N) is 1. The molecule has 0 spiro atoms. The molecule has 412 valence electrons. The Bertz CT molecular complexity index is 3240. The normalized spacial score (nSPS) is 15.6. The number of amides is 2. The van der Waals surface area contributed by atoms with Crippen molar-refractivity contribution < 1.29 is 50.7 Å². The molecule has 0 bridgehead atoms. The zero-order valence-electron chi connectivity index (χ0n) is 46.3. The molecule has 1 N–H and O–H groups in total. The third-order valence-corrected chi connectivity index (χ3v) is 15.2. The molecule has 6 aromatic rings. The lowest BCUT2D eigenvalue weighted by molar-refractivity contribution is 0.0225. The van der Waals surface area contributed by atoms with Gasteiger partial charge in [0.05, 0.1) is 49.6 Å². The van der Waals surface area contributed by atoms with Gasteiger partial charge in [0, 0.05) is 65.7 Å². The average molecular weight is 1070 g/mol. The molecule has 0 radical (unpaired) electrons. The van der Waals surface area contributed by atoms with E-state index in [4.69, 9.17) is 23.1 Å². The first-order valence-corrected chi connectivity index (χ1v) is 28.9. The van der Waals surface area contributed by atoms with E-state index in [9.17, 15) is 27.6 Å². The molecule has 0 atom stereocenters. The number of aromatic nitrogens is 2. The van der Waals surface area contributed by atoms with Crippen LogP contribution in [0.25, 0.3) is 44.3 Å². The highest BCUT2D eigenvalue weighted by Crippen LogP contribution is 2.47. The Hall–Kier alpha value is -6.65. The van der Waals surface area contributed by atoms with Gasteiger partial charge in [-0.05, 0) is 126 Å². The lowest BCUT2D eigenvalue weighted by Gasteiger charge is -2.31. The van der Waals surface area contributed by atoms with Gasteiger partial charge in [-0.2, -0.15) is 8.42 Å². The molecule has 2 aliphatic carbocycles. The van der Waals surface area contributed by atoms with Crippen LogP contribution in [0.5, 0.6) is 0 Å². The molecule has 9 rings (SSSR count). The van der Waals surface area contributed by atoms with Crippen molar-refractivity contribution >= 4 is 56.0 Å². The number of fused-ring (bicyclic) bond motifs is 6. The van der Waals surface area contributed by atoms with E-state index in [1.165, 1.54) is 75.0 Å². The minimum Gasteiger partial charge on any atom is -0.465 e. The Kier molecular flexibility index (Phi) is 17.6. The van der Waals surface area contributed by atoms with Gasteiger partial charge in [-0.1, -0.05) is 99.2 Å². The molecule has 77 heavy (non-hydrogen) atoms. The van der Waals surface area contributed by atoms with Gasteiger partial charge in [0.1, 0.15) is 11.2 Å². The zero-order valence-corrected chi connectivity index (χ0v) is 47.1. The maximum absolute atomic E-state index is 13.1. The maximum atomic E-state index is 13.1. The van der Waals surface area contributed by atoms with Crippen molar-refractivity contribution in [2.24, 2.45) is 0 Å². The predicted octanol–water partition coefficient (Wildman–Crippen LogP) is 13.0. The average Bonchev–Trinajstić information content (AvgIpc) is 4.15. The lowest BCUT2D eigenvalue weighted by atomic mass is 9.81. The van der Waals surface area contributed by atoms with Crippen LogP contribution in [0.2, 0.25) is 0 Å². The first kappa shape index (κ1) is 56.6. The highest BCUT2D eigenvalue weighted by molar-refractivity contribution is 7.85. The number of hydrogen-bond donors (Lipinski definition) is 1. The summed E-state index contributed by atoms with van der Waals surface area (Å²) >= 11 is 0. The van der Waals surface area contributed by atoms with E-state index in [1.54, 1.807) is 11.0 Å². The lowest BCUT2D eigenvalue weighted by Crippen LogP contribution is -2.39. The molecular weight excluding hydrogens is 997 g/mol. The number of hydrogen-bond acceptors (Lipinski definition) is 11. The van der Waals surface area contributed by atoms with Crippen molar-refractivity contribution in [1.29, 1.82) is 0 Å². The summed E-state index contributed by atoms with van der Waals surface area (Å²) in [7, 11) is -0.894. The van der Waals surface area contributed by atoms with E-state index in [0.29, 0.717) is 43.2 Å². The molecule has 2 fully saturated rings. The molecule has 2 aromatic heterocycles. The van der Waals surface area contributed by atoms with Crippen LogP contribution in [0.4, 0.5) is 9.59 Å². The fraction of sp³-hybridized carbons (Fsp3) is 0.475. The minimum atomic E-state index is -3.66. The third kappa shape index (κ3) is 13.6. The van der Waals surface area contributed by atoms with Gasteiger partial charge in [0.2, 0.25) is 0 Å². The van der Waals surface area contributed by atoms with Crippen molar-refractivity contribution in [1.82, 2.24) is 19.4 Å². The fourth-order valence-electron chi connectivity index (χ4n) is 11.4. The van der Waals surface area contributed by atoms with Crippen molar-refractivity contribution in [3.05, 3.63) is 118 Å². The van der Waals surface area contributed by atoms with Crippen LogP contribution in [0.3, 0.4) is 0 Å². The summed E-state index contributed by atoms with van der Waals surface area (Å²) in [6, 6.07) is 27.5.